The Bertz CT molecular complexity index is 1060. The van der Waals surface area contributed by atoms with Gasteiger partial charge in [-0.2, -0.15) is 0 Å². The predicted octanol–water partition coefficient (Wildman–Crippen LogP) is 21.9. The molecule has 0 aromatic rings. The number of carbonyl (C=O) groups excluding carboxylic acids is 3. The van der Waals surface area contributed by atoms with Crippen molar-refractivity contribution in [2.75, 3.05) is 13.2 Å². The summed E-state index contributed by atoms with van der Waals surface area (Å²) in [4.78, 5) is 38.2. The van der Waals surface area contributed by atoms with E-state index in [2.05, 4.69) is 20.8 Å². The molecule has 0 aliphatic carbocycles. The van der Waals surface area contributed by atoms with E-state index in [9.17, 15) is 14.4 Å². The third-order valence-corrected chi connectivity index (χ3v) is 15.1. The lowest BCUT2D eigenvalue weighted by molar-refractivity contribution is -0.167. The first kappa shape index (κ1) is 69.4. The molecule has 0 aliphatic rings. The van der Waals surface area contributed by atoms with E-state index >= 15 is 0 Å². The Morgan fingerprint density at radius 3 is 0.563 bits per heavy atom. The summed E-state index contributed by atoms with van der Waals surface area (Å²) in [6, 6.07) is 0. The van der Waals surface area contributed by atoms with Gasteiger partial charge in [-0.3, -0.25) is 14.4 Å². The molecule has 0 aromatic heterocycles. The number of hydrogen-bond donors (Lipinski definition) is 0. The van der Waals surface area contributed by atoms with Gasteiger partial charge in [0.25, 0.3) is 0 Å². The normalized spacial score (nSPS) is 11.9. The molecule has 6 nitrogen and oxygen atoms in total. The van der Waals surface area contributed by atoms with Gasteiger partial charge in [0.1, 0.15) is 13.2 Å². The molecular formula is C65H126O6. The highest BCUT2D eigenvalue weighted by Crippen LogP contribution is 2.19. The average Bonchev–Trinajstić information content (AvgIpc) is 3.37. The summed E-state index contributed by atoms with van der Waals surface area (Å²) < 4.78 is 16.9. The molecule has 1 atom stereocenters. The average molecular weight is 1000 g/mol. The maximum Gasteiger partial charge on any atom is 0.306 e. The topological polar surface area (TPSA) is 78.9 Å². The van der Waals surface area contributed by atoms with Crippen molar-refractivity contribution in [2.45, 2.75) is 386 Å². The van der Waals surface area contributed by atoms with E-state index in [1.807, 2.05) is 0 Å². The van der Waals surface area contributed by atoms with Crippen LogP contribution in [0.5, 0.6) is 0 Å². The fourth-order valence-corrected chi connectivity index (χ4v) is 10.2. The van der Waals surface area contributed by atoms with Crippen molar-refractivity contribution in [1.82, 2.24) is 0 Å². The lowest BCUT2D eigenvalue weighted by Gasteiger charge is -2.18. The molecule has 0 fully saturated rings. The molecule has 0 saturated carbocycles. The molecule has 0 bridgehead atoms. The zero-order chi connectivity index (χ0) is 51.4. The maximum atomic E-state index is 12.9. The fourth-order valence-electron chi connectivity index (χ4n) is 10.2. The van der Waals surface area contributed by atoms with E-state index in [4.69, 9.17) is 14.2 Å². The minimum absolute atomic E-state index is 0.0607. The minimum Gasteiger partial charge on any atom is -0.462 e. The number of carbonyl (C=O) groups is 3. The summed E-state index contributed by atoms with van der Waals surface area (Å²) in [6.45, 7) is 6.72. The highest BCUT2D eigenvalue weighted by molar-refractivity contribution is 5.71. The second-order valence-corrected chi connectivity index (χ2v) is 22.4. The predicted molar refractivity (Wildman–Crippen MR) is 307 cm³/mol. The van der Waals surface area contributed by atoms with Crippen LogP contribution in [0.2, 0.25) is 0 Å². The SMILES string of the molecule is CCCCCCCCCCCCCCCCCCCCCCCCCCCC(=O)OCC(COC(=O)CCCCCCCCCCCCCC)OC(=O)CCCCCCCCCCCCCCCCCC. The van der Waals surface area contributed by atoms with Crippen molar-refractivity contribution in [3.8, 4) is 0 Å². The molecule has 0 amide bonds. The largest absolute Gasteiger partial charge is 0.462 e. The molecule has 0 aromatic carbocycles. The fraction of sp³-hybridized carbons (Fsp3) is 0.954. The first-order valence-corrected chi connectivity index (χ1v) is 32.5. The van der Waals surface area contributed by atoms with Gasteiger partial charge in [0.05, 0.1) is 0 Å². The van der Waals surface area contributed by atoms with Gasteiger partial charge >= 0.3 is 17.9 Å². The highest BCUT2D eigenvalue weighted by atomic mass is 16.6. The van der Waals surface area contributed by atoms with Crippen molar-refractivity contribution in [1.29, 1.82) is 0 Å². The van der Waals surface area contributed by atoms with E-state index in [1.54, 1.807) is 0 Å². The third-order valence-electron chi connectivity index (χ3n) is 15.1. The number of unbranched alkanes of at least 4 members (excludes halogenated alkanes) is 50. The lowest BCUT2D eigenvalue weighted by Crippen LogP contribution is -2.30. The van der Waals surface area contributed by atoms with E-state index < -0.39 is 6.10 Å². The second-order valence-electron chi connectivity index (χ2n) is 22.4. The summed E-state index contributed by atoms with van der Waals surface area (Å²) in [5, 5.41) is 0. The van der Waals surface area contributed by atoms with Crippen LogP contribution in [0.15, 0.2) is 0 Å². The Labute approximate surface area is 444 Å². The van der Waals surface area contributed by atoms with E-state index in [-0.39, 0.29) is 31.1 Å². The molecule has 71 heavy (non-hydrogen) atoms. The monoisotopic (exact) mass is 1000 g/mol. The van der Waals surface area contributed by atoms with Gasteiger partial charge in [0, 0.05) is 19.3 Å². The van der Waals surface area contributed by atoms with Crippen LogP contribution in [0.4, 0.5) is 0 Å². The van der Waals surface area contributed by atoms with Gasteiger partial charge in [-0.15, -0.1) is 0 Å². The van der Waals surface area contributed by atoms with Gasteiger partial charge in [0.15, 0.2) is 6.10 Å². The Kier molecular flexibility index (Phi) is 59.6. The molecule has 0 spiro atoms. The molecule has 1 unspecified atom stereocenters. The van der Waals surface area contributed by atoms with Crippen LogP contribution < -0.4 is 0 Å². The molecule has 0 radical (unpaired) electrons. The number of hydrogen-bond acceptors (Lipinski definition) is 6. The first-order valence-electron chi connectivity index (χ1n) is 32.5. The molecule has 0 rings (SSSR count). The Morgan fingerprint density at radius 2 is 0.380 bits per heavy atom. The van der Waals surface area contributed by atoms with Crippen LogP contribution in [-0.4, -0.2) is 37.2 Å². The standard InChI is InChI=1S/C65H126O6/c1-4-7-10-13-16-19-22-25-27-29-30-31-32-33-34-35-36-37-39-40-43-46-49-52-55-58-64(67)70-61-62(60-69-63(66)57-54-51-48-45-42-24-21-18-15-12-9-6-3)71-65(68)59-56-53-50-47-44-41-38-28-26-23-20-17-14-11-8-5-2/h62H,4-61H2,1-3H3. The quantitative estimate of drug-likeness (QED) is 0.0343. The molecule has 0 saturated heterocycles. The lowest BCUT2D eigenvalue weighted by atomic mass is 10.0. The number of rotatable bonds is 61. The van der Waals surface area contributed by atoms with Crippen molar-refractivity contribution >= 4 is 17.9 Å². The van der Waals surface area contributed by atoms with Crippen LogP contribution in [-0.2, 0) is 28.6 Å². The second kappa shape index (κ2) is 61.0. The van der Waals surface area contributed by atoms with Crippen LogP contribution in [0.3, 0.4) is 0 Å². The molecule has 0 aliphatic heterocycles. The summed E-state index contributed by atoms with van der Waals surface area (Å²) in [5.41, 5.74) is 0. The Balaban J connectivity index is 4.16. The Morgan fingerprint density at radius 1 is 0.225 bits per heavy atom. The van der Waals surface area contributed by atoms with Gasteiger partial charge in [-0.05, 0) is 19.3 Å². The molecule has 0 N–H and O–H groups in total. The number of ether oxygens (including phenoxy) is 3. The summed E-state index contributed by atoms with van der Waals surface area (Å²) in [6.07, 6.45) is 69.8. The maximum absolute atomic E-state index is 12.9. The highest BCUT2D eigenvalue weighted by Gasteiger charge is 2.19. The molecule has 6 heteroatoms. The van der Waals surface area contributed by atoms with E-state index in [1.165, 1.54) is 283 Å². The van der Waals surface area contributed by atoms with E-state index in [0.717, 1.165) is 57.8 Å². The van der Waals surface area contributed by atoms with E-state index in [0.29, 0.717) is 19.3 Å². The van der Waals surface area contributed by atoms with Crippen LogP contribution in [0, 0.1) is 0 Å². The zero-order valence-corrected chi connectivity index (χ0v) is 48.5. The van der Waals surface area contributed by atoms with Crippen LogP contribution in [0.1, 0.15) is 380 Å². The van der Waals surface area contributed by atoms with Crippen molar-refractivity contribution in [2.24, 2.45) is 0 Å². The Hall–Kier alpha value is -1.59. The summed E-state index contributed by atoms with van der Waals surface area (Å²) >= 11 is 0. The molecule has 0 heterocycles. The zero-order valence-electron chi connectivity index (χ0n) is 48.5. The minimum atomic E-state index is -0.762. The van der Waals surface area contributed by atoms with Gasteiger partial charge in [-0.25, -0.2) is 0 Å². The smallest absolute Gasteiger partial charge is 0.306 e. The summed E-state index contributed by atoms with van der Waals surface area (Å²) in [7, 11) is 0. The van der Waals surface area contributed by atoms with Crippen LogP contribution in [0.25, 0.3) is 0 Å². The van der Waals surface area contributed by atoms with Crippen LogP contribution >= 0.6 is 0 Å². The summed E-state index contributed by atoms with van der Waals surface area (Å²) in [5.74, 6) is -0.827. The van der Waals surface area contributed by atoms with Crippen molar-refractivity contribution in [3.63, 3.8) is 0 Å². The van der Waals surface area contributed by atoms with Gasteiger partial charge in [0.2, 0.25) is 0 Å². The molecule has 422 valence electrons. The van der Waals surface area contributed by atoms with Crippen molar-refractivity contribution < 1.29 is 28.6 Å². The van der Waals surface area contributed by atoms with Crippen molar-refractivity contribution in [3.05, 3.63) is 0 Å². The van der Waals surface area contributed by atoms with Gasteiger partial charge < -0.3 is 14.2 Å². The number of esters is 3. The van der Waals surface area contributed by atoms with Gasteiger partial charge in [-0.1, -0.05) is 342 Å². The first-order chi connectivity index (χ1) is 35.0. The molecular weight excluding hydrogens is 877 g/mol. The third kappa shape index (κ3) is 59.2.